The van der Waals surface area contributed by atoms with Gasteiger partial charge in [0.25, 0.3) is 0 Å². The summed E-state index contributed by atoms with van der Waals surface area (Å²) < 4.78 is 36.4. The summed E-state index contributed by atoms with van der Waals surface area (Å²) in [5.41, 5.74) is 2.52. The maximum absolute atomic E-state index is 12.1. The highest BCUT2D eigenvalue weighted by atomic mass is 32.2. The van der Waals surface area contributed by atoms with Crippen LogP contribution in [0.15, 0.2) is 29.2 Å². The normalized spacial score (nSPS) is 26.9. The van der Waals surface area contributed by atoms with E-state index in [1.54, 1.807) is 12.1 Å². The Bertz CT molecular complexity index is 424. The Hall–Kier alpha value is -0.680. The standard InChI is InChI=1S/C12H14F3NS/c1-10(2)7-11(10,16)8-3-5-9(6-4-8)17-12(13,14)15/h3-6H,7,16H2,1-2H3. The minimum absolute atomic E-state index is 0.0334. The second-order valence-corrected chi connectivity index (χ2v) is 6.24. The van der Waals surface area contributed by atoms with Crippen LogP contribution in [0.25, 0.3) is 0 Å². The van der Waals surface area contributed by atoms with Crippen molar-refractivity contribution < 1.29 is 13.2 Å². The number of halogens is 3. The predicted molar refractivity (Wildman–Crippen MR) is 62.6 cm³/mol. The third-order valence-corrected chi connectivity index (χ3v) is 4.15. The van der Waals surface area contributed by atoms with E-state index in [2.05, 4.69) is 13.8 Å². The molecule has 0 spiro atoms. The molecule has 1 saturated carbocycles. The first kappa shape index (κ1) is 12.8. The molecular weight excluding hydrogens is 247 g/mol. The van der Waals surface area contributed by atoms with Gasteiger partial charge in [-0.15, -0.1) is 0 Å². The molecule has 0 saturated heterocycles. The highest BCUT2D eigenvalue weighted by Gasteiger charge is 2.59. The van der Waals surface area contributed by atoms with Gasteiger partial charge in [-0.2, -0.15) is 13.2 Å². The summed E-state index contributed by atoms with van der Waals surface area (Å²) in [5.74, 6) is 0. The summed E-state index contributed by atoms with van der Waals surface area (Å²) in [7, 11) is 0. The van der Waals surface area contributed by atoms with Crippen molar-refractivity contribution in [2.24, 2.45) is 11.1 Å². The Kier molecular flexibility index (Phi) is 2.74. The number of nitrogens with two attached hydrogens (primary N) is 1. The number of rotatable bonds is 2. The van der Waals surface area contributed by atoms with Crippen molar-refractivity contribution in [2.45, 2.75) is 36.2 Å². The van der Waals surface area contributed by atoms with Crippen LogP contribution in [0.5, 0.6) is 0 Å². The monoisotopic (exact) mass is 261 g/mol. The van der Waals surface area contributed by atoms with Crippen LogP contribution in [0.4, 0.5) is 13.2 Å². The smallest absolute Gasteiger partial charge is 0.321 e. The van der Waals surface area contributed by atoms with E-state index in [1.165, 1.54) is 12.1 Å². The molecule has 0 amide bonds. The molecule has 94 valence electrons. The highest BCUT2D eigenvalue weighted by molar-refractivity contribution is 8.00. The lowest BCUT2D eigenvalue weighted by Gasteiger charge is -2.16. The SMILES string of the molecule is CC1(C)CC1(N)c1ccc(SC(F)(F)F)cc1. The van der Waals surface area contributed by atoms with Crippen LogP contribution in [-0.4, -0.2) is 5.51 Å². The van der Waals surface area contributed by atoms with E-state index in [0.717, 1.165) is 12.0 Å². The molecule has 1 fully saturated rings. The summed E-state index contributed by atoms with van der Waals surface area (Å²) in [4.78, 5) is 0.198. The zero-order valence-corrected chi connectivity index (χ0v) is 10.5. The maximum atomic E-state index is 12.1. The van der Waals surface area contributed by atoms with E-state index < -0.39 is 5.51 Å². The quantitative estimate of drug-likeness (QED) is 0.817. The topological polar surface area (TPSA) is 26.0 Å². The second kappa shape index (κ2) is 3.65. The average Bonchev–Trinajstić information content (AvgIpc) is 2.65. The summed E-state index contributed by atoms with van der Waals surface area (Å²) in [6, 6.07) is 6.36. The van der Waals surface area contributed by atoms with Gasteiger partial charge in [0, 0.05) is 10.4 Å². The highest BCUT2D eigenvalue weighted by Crippen LogP contribution is 2.60. The lowest BCUT2D eigenvalue weighted by Crippen LogP contribution is -2.25. The zero-order chi connectivity index (χ0) is 12.9. The van der Waals surface area contributed by atoms with E-state index in [4.69, 9.17) is 5.73 Å². The van der Waals surface area contributed by atoms with Crippen molar-refractivity contribution >= 4 is 11.8 Å². The molecule has 1 aromatic rings. The number of hydrogen-bond acceptors (Lipinski definition) is 2. The van der Waals surface area contributed by atoms with Crippen molar-refractivity contribution in [2.75, 3.05) is 0 Å². The van der Waals surface area contributed by atoms with Gasteiger partial charge in [-0.1, -0.05) is 26.0 Å². The molecule has 1 aliphatic carbocycles. The van der Waals surface area contributed by atoms with Gasteiger partial charge in [0.2, 0.25) is 0 Å². The number of thioether (sulfide) groups is 1. The summed E-state index contributed by atoms with van der Waals surface area (Å²) in [6.07, 6.45) is 0.867. The number of alkyl halides is 3. The Morgan fingerprint density at radius 2 is 1.65 bits per heavy atom. The van der Waals surface area contributed by atoms with Gasteiger partial charge in [0.05, 0.1) is 0 Å². The van der Waals surface area contributed by atoms with Crippen LogP contribution >= 0.6 is 11.8 Å². The van der Waals surface area contributed by atoms with Crippen LogP contribution in [0.2, 0.25) is 0 Å². The van der Waals surface area contributed by atoms with Gasteiger partial charge in [0.15, 0.2) is 0 Å². The van der Waals surface area contributed by atoms with Crippen molar-refractivity contribution in [3.05, 3.63) is 29.8 Å². The largest absolute Gasteiger partial charge is 0.446 e. The van der Waals surface area contributed by atoms with Crippen LogP contribution < -0.4 is 5.73 Å². The third-order valence-electron chi connectivity index (χ3n) is 3.41. The van der Waals surface area contributed by atoms with Gasteiger partial charge in [-0.05, 0) is 41.3 Å². The molecule has 1 aliphatic rings. The Morgan fingerprint density at radius 3 is 2.00 bits per heavy atom. The van der Waals surface area contributed by atoms with E-state index in [0.29, 0.717) is 0 Å². The van der Waals surface area contributed by atoms with Crippen LogP contribution in [0.3, 0.4) is 0 Å². The minimum Gasteiger partial charge on any atom is -0.321 e. The first-order valence-corrected chi connectivity index (χ1v) is 6.11. The second-order valence-electron chi connectivity index (χ2n) is 5.10. The van der Waals surface area contributed by atoms with Crippen molar-refractivity contribution in [1.29, 1.82) is 0 Å². The van der Waals surface area contributed by atoms with Crippen LogP contribution in [0.1, 0.15) is 25.8 Å². The van der Waals surface area contributed by atoms with Crippen molar-refractivity contribution in [3.8, 4) is 0 Å². The fourth-order valence-corrected chi connectivity index (χ4v) is 2.64. The molecule has 1 aromatic carbocycles. The van der Waals surface area contributed by atoms with E-state index >= 15 is 0 Å². The molecular formula is C12H14F3NS. The fourth-order valence-electron chi connectivity index (χ4n) is 2.10. The lowest BCUT2D eigenvalue weighted by molar-refractivity contribution is -0.0328. The number of benzene rings is 1. The van der Waals surface area contributed by atoms with E-state index in [-0.39, 0.29) is 27.6 Å². The predicted octanol–water partition coefficient (Wildman–Crippen LogP) is 3.88. The summed E-state index contributed by atoms with van der Waals surface area (Å²) in [6.45, 7) is 4.12. The molecule has 1 unspecified atom stereocenters. The van der Waals surface area contributed by atoms with Crippen LogP contribution in [-0.2, 0) is 5.54 Å². The molecule has 5 heteroatoms. The molecule has 0 bridgehead atoms. The Morgan fingerprint density at radius 1 is 1.18 bits per heavy atom. The van der Waals surface area contributed by atoms with E-state index in [9.17, 15) is 13.2 Å². The van der Waals surface area contributed by atoms with Gasteiger partial charge in [-0.3, -0.25) is 0 Å². The first-order chi connectivity index (χ1) is 7.64. The van der Waals surface area contributed by atoms with Gasteiger partial charge >= 0.3 is 5.51 Å². The summed E-state index contributed by atoms with van der Waals surface area (Å²) >= 11 is -0.100. The average molecular weight is 261 g/mol. The molecule has 17 heavy (non-hydrogen) atoms. The molecule has 2 rings (SSSR count). The van der Waals surface area contributed by atoms with Gasteiger partial charge < -0.3 is 5.73 Å². The molecule has 0 heterocycles. The van der Waals surface area contributed by atoms with Gasteiger partial charge in [-0.25, -0.2) is 0 Å². The van der Waals surface area contributed by atoms with E-state index in [1.807, 2.05) is 0 Å². The lowest BCUT2D eigenvalue weighted by atomic mass is 9.97. The Balaban J connectivity index is 2.15. The maximum Gasteiger partial charge on any atom is 0.446 e. The van der Waals surface area contributed by atoms with Crippen molar-refractivity contribution in [1.82, 2.24) is 0 Å². The molecule has 1 nitrogen and oxygen atoms in total. The summed E-state index contributed by atoms with van der Waals surface area (Å²) in [5, 5.41) is 0. The zero-order valence-electron chi connectivity index (χ0n) is 9.64. The molecule has 2 N–H and O–H groups in total. The molecule has 0 aliphatic heterocycles. The van der Waals surface area contributed by atoms with Crippen LogP contribution in [0, 0.1) is 5.41 Å². The van der Waals surface area contributed by atoms with Crippen molar-refractivity contribution in [3.63, 3.8) is 0 Å². The molecule has 0 radical (unpaired) electrons. The van der Waals surface area contributed by atoms with Gasteiger partial charge in [0.1, 0.15) is 0 Å². The number of hydrogen-bond donors (Lipinski definition) is 1. The Labute approximate surface area is 103 Å². The molecule has 0 aromatic heterocycles. The fraction of sp³-hybridized carbons (Fsp3) is 0.500. The molecule has 1 atom stereocenters. The third kappa shape index (κ3) is 2.45. The first-order valence-electron chi connectivity index (χ1n) is 5.29. The minimum atomic E-state index is -4.24.